The monoisotopic (exact) mass is 322 g/mol. The maximum Gasteiger partial charge on any atom is 0.266 e. The van der Waals surface area contributed by atoms with Crippen LogP contribution in [0.1, 0.15) is 24.8 Å². The Labute approximate surface area is 133 Å². The summed E-state index contributed by atoms with van der Waals surface area (Å²) < 4.78 is 28.4. The van der Waals surface area contributed by atoms with Gasteiger partial charge in [-0.05, 0) is 18.4 Å². The molecule has 0 bridgehead atoms. The van der Waals surface area contributed by atoms with Crippen LogP contribution in [0.4, 0.5) is 8.78 Å². The number of amides is 2. The molecule has 1 aromatic rings. The first kappa shape index (κ1) is 15.9. The van der Waals surface area contributed by atoms with Crippen molar-refractivity contribution in [3.63, 3.8) is 0 Å². The van der Waals surface area contributed by atoms with Gasteiger partial charge in [-0.15, -0.1) is 0 Å². The van der Waals surface area contributed by atoms with Gasteiger partial charge < -0.3 is 10.2 Å². The third-order valence-electron chi connectivity index (χ3n) is 4.66. The molecule has 2 fully saturated rings. The van der Waals surface area contributed by atoms with Gasteiger partial charge in [0.1, 0.15) is 0 Å². The molecule has 0 aliphatic carbocycles. The quantitative estimate of drug-likeness (QED) is 0.905. The summed E-state index contributed by atoms with van der Waals surface area (Å²) in [7, 11) is 0. The topological polar surface area (TPSA) is 49.4 Å². The van der Waals surface area contributed by atoms with Gasteiger partial charge in [0.15, 0.2) is 0 Å². The van der Waals surface area contributed by atoms with Crippen molar-refractivity contribution in [3.8, 4) is 0 Å². The van der Waals surface area contributed by atoms with E-state index >= 15 is 0 Å². The van der Waals surface area contributed by atoms with Crippen molar-refractivity contribution in [3.05, 3.63) is 35.9 Å². The zero-order valence-corrected chi connectivity index (χ0v) is 12.9. The Bertz CT molecular complexity index is 606. The molecule has 0 radical (unpaired) electrons. The van der Waals surface area contributed by atoms with Crippen LogP contribution < -0.4 is 5.32 Å². The third-order valence-corrected chi connectivity index (χ3v) is 4.66. The molecule has 4 nitrogen and oxygen atoms in total. The fourth-order valence-electron chi connectivity index (χ4n) is 3.62. The minimum absolute atomic E-state index is 0.0780. The first-order valence-corrected chi connectivity index (χ1v) is 7.88. The molecule has 0 saturated carbocycles. The SMILES string of the molecule is O=C(Cc1ccccc1)N1CC(F)(F)CC2(CCCNC2=O)C1. The lowest BCUT2D eigenvalue weighted by atomic mass is 9.72. The van der Waals surface area contributed by atoms with Gasteiger partial charge in [0, 0.05) is 19.5 Å². The minimum atomic E-state index is -3.03. The number of nitrogens with zero attached hydrogens (tertiary/aromatic N) is 1. The summed E-state index contributed by atoms with van der Waals surface area (Å²) >= 11 is 0. The first-order valence-electron chi connectivity index (χ1n) is 7.88. The van der Waals surface area contributed by atoms with Crippen LogP contribution in [0, 0.1) is 5.41 Å². The van der Waals surface area contributed by atoms with Gasteiger partial charge >= 0.3 is 0 Å². The number of halogens is 2. The predicted molar refractivity (Wildman–Crippen MR) is 81.0 cm³/mol. The van der Waals surface area contributed by atoms with Crippen LogP contribution in [0.25, 0.3) is 0 Å². The average molecular weight is 322 g/mol. The number of nitrogens with one attached hydrogen (secondary N) is 1. The van der Waals surface area contributed by atoms with Crippen molar-refractivity contribution in [1.82, 2.24) is 10.2 Å². The number of benzene rings is 1. The lowest BCUT2D eigenvalue weighted by Crippen LogP contribution is -2.61. The summed E-state index contributed by atoms with van der Waals surface area (Å²) in [6.45, 7) is -0.00208. The molecule has 1 spiro atoms. The second-order valence-corrected chi connectivity index (χ2v) is 6.58. The van der Waals surface area contributed by atoms with Crippen LogP contribution in [-0.2, 0) is 16.0 Å². The molecule has 3 rings (SSSR count). The lowest BCUT2D eigenvalue weighted by Gasteiger charge is -2.46. The summed E-state index contributed by atoms with van der Waals surface area (Å²) in [6, 6.07) is 9.05. The van der Waals surface area contributed by atoms with E-state index in [0.717, 1.165) is 5.56 Å². The zero-order valence-electron chi connectivity index (χ0n) is 12.9. The van der Waals surface area contributed by atoms with Crippen LogP contribution in [0.3, 0.4) is 0 Å². The summed E-state index contributed by atoms with van der Waals surface area (Å²) in [6.07, 6.45) is 0.682. The number of alkyl halides is 2. The first-order chi connectivity index (χ1) is 10.9. The van der Waals surface area contributed by atoms with Gasteiger partial charge in [-0.25, -0.2) is 8.78 Å². The van der Waals surface area contributed by atoms with Crippen LogP contribution in [0.5, 0.6) is 0 Å². The van der Waals surface area contributed by atoms with Gasteiger partial charge in [0.2, 0.25) is 11.8 Å². The second-order valence-electron chi connectivity index (χ2n) is 6.58. The van der Waals surface area contributed by atoms with Crippen molar-refractivity contribution in [2.24, 2.45) is 5.41 Å². The molecular weight excluding hydrogens is 302 g/mol. The molecular formula is C17H20F2N2O2. The number of carbonyl (C=O) groups is 2. The summed E-state index contributed by atoms with van der Waals surface area (Å²) in [5.41, 5.74) is -0.361. The van der Waals surface area contributed by atoms with Crippen molar-refractivity contribution >= 4 is 11.8 Å². The fraction of sp³-hybridized carbons (Fsp3) is 0.529. The van der Waals surface area contributed by atoms with Crippen molar-refractivity contribution in [2.45, 2.75) is 31.6 Å². The van der Waals surface area contributed by atoms with Gasteiger partial charge in [-0.1, -0.05) is 30.3 Å². The molecule has 1 unspecified atom stereocenters. The summed E-state index contributed by atoms with van der Waals surface area (Å²) in [5, 5.41) is 2.68. The Morgan fingerprint density at radius 1 is 1.22 bits per heavy atom. The third kappa shape index (κ3) is 3.35. The largest absolute Gasteiger partial charge is 0.356 e. The van der Waals surface area contributed by atoms with E-state index in [2.05, 4.69) is 5.32 Å². The summed E-state index contributed by atoms with van der Waals surface area (Å²) in [5.74, 6) is -3.73. The van der Waals surface area contributed by atoms with Crippen LogP contribution >= 0.6 is 0 Å². The Balaban J connectivity index is 1.78. The van der Waals surface area contributed by atoms with E-state index < -0.39 is 24.3 Å². The lowest BCUT2D eigenvalue weighted by molar-refractivity contribution is -0.165. The molecule has 2 aliphatic heterocycles. The van der Waals surface area contributed by atoms with Gasteiger partial charge in [0.05, 0.1) is 18.4 Å². The smallest absolute Gasteiger partial charge is 0.266 e. The van der Waals surface area contributed by atoms with Crippen molar-refractivity contribution in [1.29, 1.82) is 0 Å². The number of hydrogen-bond donors (Lipinski definition) is 1. The minimum Gasteiger partial charge on any atom is -0.356 e. The normalized spacial score (nSPS) is 26.9. The van der Waals surface area contributed by atoms with Crippen LogP contribution in [0.15, 0.2) is 30.3 Å². The Morgan fingerprint density at radius 2 is 1.96 bits per heavy atom. The molecule has 124 valence electrons. The van der Waals surface area contributed by atoms with Crippen LogP contribution in [0.2, 0.25) is 0 Å². The Morgan fingerprint density at radius 3 is 2.65 bits per heavy atom. The van der Waals surface area contributed by atoms with Gasteiger partial charge in [0.25, 0.3) is 5.92 Å². The standard InChI is InChI=1S/C17H20F2N2O2/c18-17(19)10-16(7-4-8-20-15(16)23)11-21(12-17)14(22)9-13-5-2-1-3-6-13/h1-3,5-6H,4,7-12H2,(H,20,23). The molecule has 2 aliphatic rings. The van der Waals surface area contributed by atoms with Gasteiger partial charge in [-0.2, -0.15) is 0 Å². The van der Waals surface area contributed by atoms with E-state index in [1.54, 1.807) is 12.1 Å². The molecule has 1 N–H and O–H groups in total. The van der Waals surface area contributed by atoms with E-state index in [1.807, 2.05) is 18.2 Å². The number of carbonyl (C=O) groups excluding carboxylic acids is 2. The molecule has 6 heteroatoms. The van der Waals surface area contributed by atoms with Crippen molar-refractivity contribution < 1.29 is 18.4 Å². The van der Waals surface area contributed by atoms with E-state index in [0.29, 0.717) is 19.4 Å². The summed E-state index contributed by atoms with van der Waals surface area (Å²) in [4.78, 5) is 25.8. The second kappa shape index (κ2) is 5.91. The number of rotatable bonds is 2. The Hall–Kier alpha value is -1.98. The maximum absolute atomic E-state index is 14.2. The van der Waals surface area contributed by atoms with E-state index in [4.69, 9.17) is 0 Å². The van der Waals surface area contributed by atoms with Crippen LogP contribution in [-0.4, -0.2) is 42.3 Å². The van der Waals surface area contributed by atoms with Crippen molar-refractivity contribution in [2.75, 3.05) is 19.6 Å². The highest BCUT2D eigenvalue weighted by atomic mass is 19.3. The molecule has 2 saturated heterocycles. The van der Waals surface area contributed by atoms with Gasteiger partial charge in [-0.3, -0.25) is 9.59 Å². The zero-order chi connectivity index (χ0) is 16.5. The predicted octanol–water partition coefficient (Wildman–Crippen LogP) is 1.99. The van der Waals surface area contributed by atoms with E-state index in [-0.39, 0.29) is 24.8 Å². The average Bonchev–Trinajstić information content (AvgIpc) is 2.50. The Kier molecular flexibility index (Phi) is 4.08. The maximum atomic E-state index is 14.2. The molecule has 1 atom stereocenters. The highest BCUT2D eigenvalue weighted by Gasteiger charge is 2.54. The highest BCUT2D eigenvalue weighted by Crippen LogP contribution is 2.43. The highest BCUT2D eigenvalue weighted by molar-refractivity contribution is 5.86. The number of hydrogen-bond acceptors (Lipinski definition) is 2. The molecule has 2 heterocycles. The number of piperidine rings is 2. The molecule has 23 heavy (non-hydrogen) atoms. The molecule has 1 aromatic carbocycles. The number of likely N-dealkylation sites (tertiary alicyclic amines) is 1. The molecule has 2 amide bonds. The van der Waals surface area contributed by atoms with E-state index in [1.165, 1.54) is 4.90 Å². The van der Waals surface area contributed by atoms with E-state index in [9.17, 15) is 18.4 Å². The molecule has 0 aromatic heterocycles. The fourth-order valence-corrected chi connectivity index (χ4v) is 3.62.